The number of nitrogens with two attached hydrogens (primary N) is 1. The third-order valence-corrected chi connectivity index (χ3v) is 13.1. The number of aromatic nitrogens is 8. The molecule has 1 saturated heterocycles. The van der Waals surface area contributed by atoms with Gasteiger partial charge in [0.2, 0.25) is 17.8 Å². The summed E-state index contributed by atoms with van der Waals surface area (Å²) in [6, 6.07) is 9.21. The van der Waals surface area contributed by atoms with Crippen LogP contribution in [0, 0.1) is 19.8 Å². The van der Waals surface area contributed by atoms with Gasteiger partial charge in [0.05, 0.1) is 47.6 Å². The van der Waals surface area contributed by atoms with Gasteiger partial charge in [-0.1, -0.05) is 12.2 Å². The van der Waals surface area contributed by atoms with E-state index in [1.807, 2.05) is 39.8 Å². The number of aryl methyl sites for hydroxylation is 4. The maximum atomic E-state index is 14.1. The summed E-state index contributed by atoms with van der Waals surface area (Å²) in [5.41, 5.74) is 10.0. The van der Waals surface area contributed by atoms with E-state index in [1.165, 1.54) is 0 Å². The van der Waals surface area contributed by atoms with Crippen molar-refractivity contribution < 1.29 is 43.3 Å². The Hall–Kier alpha value is -7.59. The van der Waals surface area contributed by atoms with E-state index in [0.29, 0.717) is 121 Å². The summed E-state index contributed by atoms with van der Waals surface area (Å²) in [5, 5.41) is 27.6. The molecule has 6 aromatic rings. The predicted octanol–water partition coefficient (Wildman–Crippen LogP) is 4.14. The third-order valence-electron chi connectivity index (χ3n) is 13.1. The predicted molar refractivity (Wildman–Crippen MR) is 256 cm³/mol. The number of nitrogens with one attached hydrogen (secondary N) is 3. The Bertz CT molecular complexity index is 3020. The van der Waals surface area contributed by atoms with Crippen molar-refractivity contribution >= 4 is 63.6 Å². The fourth-order valence-electron chi connectivity index (χ4n) is 9.46. The van der Waals surface area contributed by atoms with Crippen LogP contribution in [0.2, 0.25) is 0 Å². The van der Waals surface area contributed by atoms with Gasteiger partial charge in [-0.15, -0.1) is 0 Å². The van der Waals surface area contributed by atoms with E-state index >= 15 is 0 Å². The first-order valence-corrected chi connectivity index (χ1v) is 23.6. The van der Waals surface area contributed by atoms with Crippen LogP contribution in [0.25, 0.3) is 22.1 Å². The van der Waals surface area contributed by atoms with Crippen LogP contribution in [-0.4, -0.2) is 130 Å². The highest BCUT2D eigenvalue weighted by molar-refractivity contribution is 6.05. The Morgan fingerprint density at radius 1 is 0.700 bits per heavy atom. The molecule has 6 heterocycles. The van der Waals surface area contributed by atoms with Gasteiger partial charge in [-0.3, -0.25) is 48.9 Å². The zero-order valence-electron chi connectivity index (χ0n) is 39.6. The van der Waals surface area contributed by atoms with Gasteiger partial charge >= 0.3 is 5.97 Å². The van der Waals surface area contributed by atoms with Crippen molar-refractivity contribution in [2.45, 2.75) is 91.6 Å². The van der Waals surface area contributed by atoms with E-state index < -0.39 is 35.7 Å². The van der Waals surface area contributed by atoms with Crippen molar-refractivity contribution in [2.75, 3.05) is 50.2 Å². The van der Waals surface area contributed by atoms with Crippen LogP contribution in [0.15, 0.2) is 48.6 Å². The van der Waals surface area contributed by atoms with Crippen LogP contribution in [0.3, 0.4) is 0 Å². The molecule has 22 heteroatoms. The minimum absolute atomic E-state index is 0.0563. The maximum Gasteiger partial charge on any atom is 0.306 e. The standard InChI is InChI=1S/C48H57N13O9/c1-5-60-36(19-27(3)55-60)44(64)53-47-51-34-21-30(42(49)62)23-38-40(34)58(47)13-7-8-14-59-41-35(52-48(59)54-45(65)37-20-28(4)56-61(37)6-2)22-31(43(63)50-32-11-9-29(10-12-32)46(66)67)24-39(41)70-26-33(25-69-38)57-15-17-68-18-16-57/h7-8,19-24,29,32-33H,5-6,9-18,25-26H2,1-4H3,(H2,49,62)(H,50,63)(H,66,67)(H,51,53,64)(H,52,54,65)/b8-7+. The number of anilines is 2. The van der Waals surface area contributed by atoms with Crippen molar-refractivity contribution in [1.82, 2.24) is 48.9 Å². The number of carbonyl (C=O) groups excluding carboxylic acids is 4. The van der Waals surface area contributed by atoms with Gasteiger partial charge < -0.3 is 39.5 Å². The smallest absolute Gasteiger partial charge is 0.306 e. The number of hydrogen-bond acceptors (Lipinski definition) is 13. The first-order valence-electron chi connectivity index (χ1n) is 23.6. The van der Waals surface area contributed by atoms with Gasteiger partial charge in [0.25, 0.3) is 17.7 Å². The molecule has 1 aliphatic carbocycles. The molecule has 6 N–H and O–H groups in total. The fraction of sp³-hybridized carbons (Fsp3) is 0.438. The van der Waals surface area contributed by atoms with Crippen LogP contribution in [0.5, 0.6) is 11.5 Å². The molecule has 2 fully saturated rings. The lowest BCUT2D eigenvalue weighted by Gasteiger charge is -2.34. The highest BCUT2D eigenvalue weighted by atomic mass is 16.5. The number of primary amides is 1. The molecule has 368 valence electrons. The fourth-order valence-corrected chi connectivity index (χ4v) is 9.46. The van der Waals surface area contributed by atoms with Gasteiger partial charge in [-0.2, -0.15) is 10.2 Å². The minimum atomic E-state index is -0.832. The molecule has 2 aliphatic heterocycles. The second-order valence-corrected chi connectivity index (χ2v) is 17.8. The quantitative estimate of drug-likeness (QED) is 0.114. The summed E-state index contributed by atoms with van der Waals surface area (Å²) in [5.74, 6) is -2.24. The van der Waals surface area contributed by atoms with Crippen LogP contribution in [0.4, 0.5) is 11.9 Å². The molecule has 1 atom stereocenters. The number of imidazole rings is 2. The maximum absolute atomic E-state index is 14.1. The number of carboxylic acids is 1. The van der Waals surface area contributed by atoms with Gasteiger partial charge in [0, 0.05) is 56.4 Å². The van der Waals surface area contributed by atoms with E-state index in [9.17, 15) is 29.1 Å². The molecule has 9 rings (SSSR count). The third kappa shape index (κ3) is 9.81. The van der Waals surface area contributed by atoms with E-state index in [-0.39, 0.29) is 61.3 Å². The van der Waals surface area contributed by atoms with Crippen LogP contribution in [-0.2, 0) is 35.7 Å². The van der Waals surface area contributed by atoms with E-state index in [4.69, 9.17) is 29.9 Å². The number of rotatable bonds is 11. The minimum Gasteiger partial charge on any atom is -0.490 e. The van der Waals surface area contributed by atoms with Crippen molar-refractivity contribution in [3.8, 4) is 11.5 Å². The molecule has 0 radical (unpaired) electrons. The van der Waals surface area contributed by atoms with Crippen molar-refractivity contribution in [2.24, 2.45) is 11.7 Å². The molecule has 4 aromatic heterocycles. The van der Waals surface area contributed by atoms with Gasteiger partial charge in [0.15, 0.2) is 0 Å². The highest BCUT2D eigenvalue weighted by Crippen LogP contribution is 2.35. The summed E-state index contributed by atoms with van der Waals surface area (Å²) >= 11 is 0. The normalized spacial score (nSPS) is 19.3. The van der Waals surface area contributed by atoms with Gasteiger partial charge in [0.1, 0.15) is 47.1 Å². The number of allylic oxidation sites excluding steroid dienone is 2. The summed E-state index contributed by atoms with van der Waals surface area (Å²) < 4.78 is 26.1. The summed E-state index contributed by atoms with van der Waals surface area (Å²) in [4.78, 5) is 78.5. The molecule has 70 heavy (non-hydrogen) atoms. The summed E-state index contributed by atoms with van der Waals surface area (Å²) in [7, 11) is 0. The van der Waals surface area contributed by atoms with Crippen molar-refractivity contribution in [3.63, 3.8) is 0 Å². The number of carbonyl (C=O) groups is 5. The zero-order chi connectivity index (χ0) is 49.2. The monoisotopic (exact) mass is 959 g/mol. The van der Waals surface area contributed by atoms with E-state index in [0.717, 1.165) is 0 Å². The number of morpholine rings is 1. The summed E-state index contributed by atoms with van der Waals surface area (Å²) in [6.45, 7) is 10.8. The number of amides is 4. The Morgan fingerprint density at radius 2 is 1.20 bits per heavy atom. The first kappa shape index (κ1) is 47.5. The number of nitrogens with zero attached hydrogens (tertiary/aromatic N) is 9. The Morgan fingerprint density at radius 3 is 1.69 bits per heavy atom. The molecule has 0 spiro atoms. The lowest BCUT2D eigenvalue weighted by Crippen LogP contribution is -2.49. The Kier molecular flexibility index (Phi) is 13.7. The lowest BCUT2D eigenvalue weighted by atomic mass is 9.86. The number of hydrogen-bond donors (Lipinski definition) is 5. The average Bonchev–Trinajstić information content (AvgIpc) is 4.12. The van der Waals surface area contributed by atoms with E-state index in [1.54, 1.807) is 54.9 Å². The molecule has 22 nitrogen and oxygen atoms in total. The van der Waals surface area contributed by atoms with Gasteiger partial charge in [-0.25, -0.2) is 9.97 Å². The number of aliphatic carboxylic acids is 1. The van der Waals surface area contributed by atoms with Crippen LogP contribution < -0.4 is 31.2 Å². The molecule has 4 amide bonds. The zero-order valence-corrected chi connectivity index (χ0v) is 39.6. The van der Waals surface area contributed by atoms with Crippen LogP contribution in [0.1, 0.15) is 92.6 Å². The number of carboxylic acid groups (broad SMARTS) is 1. The molecular formula is C48H57N13O9. The second-order valence-electron chi connectivity index (χ2n) is 17.8. The van der Waals surface area contributed by atoms with Crippen molar-refractivity contribution in [3.05, 3.63) is 82.5 Å². The molecule has 1 unspecified atom stereocenters. The highest BCUT2D eigenvalue weighted by Gasteiger charge is 2.30. The van der Waals surface area contributed by atoms with E-state index in [2.05, 4.69) is 31.0 Å². The summed E-state index contributed by atoms with van der Waals surface area (Å²) in [6.07, 6.45) is 5.69. The second kappa shape index (κ2) is 20.2. The topological polar surface area (TPSA) is 270 Å². The molecule has 3 aliphatic rings. The van der Waals surface area contributed by atoms with Crippen molar-refractivity contribution in [1.29, 1.82) is 0 Å². The molecule has 0 bridgehead atoms. The molecule has 2 aromatic carbocycles. The first-order chi connectivity index (χ1) is 33.8. The number of ether oxygens (including phenoxy) is 3. The largest absolute Gasteiger partial charge is 0.490 e. The van der Waals surface area contributed by atoms with Crippen LogP contribution >= 0.6 is 0 Å². The Labute approximate surface area is 402 Å². The average molecular weight is 960 g/mol. The Balaban J connectivity index is 1.15. The SMILES string of the molecule is CCn1nc(C)cc1C(=O)Nc1nc2cc(C(N)=O)cc3c2n1C/C=C/Cn1c(NC(=O)c2cc(C)nn2CC)nc2cc(C(=O)NC4CCC(C(=O)O)CC4)cc(c21)OCC(N1CCOCC1)CO3. The van der Waals surface area contributed by atoms with Gasteiger partial charge in [-0.05, 0) is 89.8 Å². The molecule has 1 saturated carbocycles. The number of benzene rings is 2. The molecular weight excluding hydrogens is 903 g/mol. The lowest BCUT2D eigenvalue weighted by molar-refractivity contribution is -0.142.